The van der Waals surface area contributed by atoms with E-state index in [9.17, 15) is 0 Å². The van der Waals surface area contributed by atoms with Crippen LogP contribution in [0.2, 0.25) is 0 Å². The minimum absolute atomic E-state index is 0.409. The van der Waals surface area contributed by atoms with Crippen molar-refractivity contribution in [2.45, 2.75) is 20.3 Å². The molecule has 2 aromatic heterocycles. The van der Waals surface area contributed by atoms with Gasteiger partial charge in [-0.15, -0.1) is 0 Å². The molecule has 2 heterocycles. The van der Waals surface area contributed by atoms with Crippen LogP contribution in [0.1, 0.15) is 18.4 Å². The Labute approximate surface area is 99.7 Å². The van der Waals surface area contributed by atoms with Crippen molar-refractivity contribution in [2.75, 3.05) is 5.73 Å². The number of nitrogen functional groups attached to an aromatic ring is 1. The Hall–Kier alpha value is -2.17. The Morgan fingerprint density at radius 2 is 2.12 bits per heavy atom. The predicted molar refractivity (Wildman–Crippen MR) is 64.9 cm³/mol. The number of anilines is 1. The minimum Gasteiger partial charge on any atom is -0.437 e. The predicted octanol–water partition coefficient (Wildman–Crippen LogP) is 2.12. The third-order valence-corrected chi connectivity index (χ3v) is 2.19. The quantitative estimate of drug-likeness (QED) is 0.874. The van der Waals surface area contributed by atoms with Crippen LogP contribution in [0.15, 0.2) is 24.4 Å². The van der Waals surface area contributed by atoms with Crippen LogP contribution in [0.3, 0.4) is 0 Å². The summed E-state index contributed by atoms with van der Waals surface area (Å²) in [4.78, 5) is 12.4. The number of ether oxygens (including phenoxy) is 1. The van der Waals surface area contributed by atoms with E-state index in [1.165, 1.54) is 0 Å². The highest BCUT2D eigenvalue weighted by molar-refractivity contribution is 5.35. The molecule has 2 aromatic rings. The summed E-state index contributed by atoms with van der Waals surface area (Å²) in [6.45, 7) is 3.88. The number of aromatic nitrogens is 3. The molecule has 5 heteroatoms. The fourth-order valence-corrected chi connectivity index (χ4v) is 1.34. The maximum absolute atomic E-state index is 5.67. The molecule has 0 fully saturated rings. The maximum atomic E-state index is 5.67. The van der Waals surface area contributed by atoms with Gasteiger partial charge in [0, 0.05) is 18.2 Å². The molecule has 2 N–H and O–H groups in total. The van der Waals surface area contributed by atoms with Crippen molar-refractivity contribution in [3.8, 4) is 11.6 Å². The van der Waals surface area contributed by atoms with Crippen LogP contribution >= 0.6 is 0 Å². The largest absolute Gasteiger partial charge is 0.437 e. The highest BCUT2D eigenvalue weighted by Crippen LogP contribution is 2.20. The van der Waals surface area contributed by atoms with E-state index in [-0.39, 0.29) is 0 Å². The van der Waals surface area contributed by atoms with Crippen LogP contribution in [0.4, 0.5) is 5.82 Å². The summed E-state index contributed by atoms with van der Waals surface area (Å²) in [5.41, 5.74) is 6.60. The van der Waals surface area contributed by atoms with E-state index in [0.29, 0.717) is 29.7 Å². The summed E-state index contributed by atoms with van der Waals surface area (Å²) in [5, 5.41) is 0. The van der Waals surface area contributed by atoms with Crippen molar-refractivity contribution in [3.63, 3.8) is 0 Å². The zero-order chi connectivity index (χ0) is 12.3. The molecule has 2 rings (SSSR count). The lowest BCUT2D eigenvalue weighted by atomic mass is 10.4. The van der Waals surface area contributed by atoms with Gasteiger partial charge in [0.15, 0.2) is 0 Å². The number of pyridine rings is 1. The molecule has 0 bridgehead atoms. The molecule has 0 aliphatic heterocycles. The summed E-state index contributed by atoms with van der Waals surface area (Å²) < 4.78 is 5.56. The molecule has 0 amide bonds. The lowest BCUT2D eigenvalue weighted by molar-refractivity contribution is 0.457. The number of hydrogen-bond acceptors (Lipinski definition) is 5. The van der Waals surface area contributed by atoms with E-state index in [1.54, 1.807) is 12.3 Å². The van der Waals surface area contributed by atoms with Crippen LogP contribution in [-0.2, 0) is 6.42 Å². The standard InChI is InChI=1S/C12H14N4O/c1-3-11-15-10(13)6-12(16-11)17-9-5-4-8(2)14-7-9/h4-7H,3H2,1-2H3,(H2,13,15,16). The number of nitrogens with two attached hydrogens (primary N) is 1. The smallest absolute Gasteiger partial charge is 0.224 e. The van der Waals surface area contributed by atoms with Crippen LogP contribution < -0.4 is 10.5 Å². The Morgan fingerprint density at radius 3 is 2.76 bits per heavy atom. The van der Waals surface area contributed by atoms with E-state index >= 15 is 0 Å². The molecule has 17 heavy (non-hydrogen) atoms. The molecule has 0 saturated carbocycles. The van der Waals surface area contributed by atoms with Crippen LogP contribution in [-0.4, -0.2) is 15.0 Å². The Bertz CT molecular complexity index is 510. The second-order valence-electron chi connectivity index (χ2n) is 3.64. The summed E-state index contributed by atoms with van der Waals surface area (Å²) in [6, 6.07) is 5.31. The van der Waals surface area contributed by atoms with Crippen molar-refractivity contribution >= 4 is 5.82 Å². The number of rotatable bonds is 3. The zero-order valence-corrected chi connectivity index (χ0v) is 9.84. The van der Waals surface area contributed by atoms with Crippen molar-refractivity contribution < 1.29 is 4.74 Å². The van der Waals surface area contributed by atoms with Crippen LogP contribution in [0.5, 0.6) is 11.6 Å². The molecular formula is C12H14N4O. The molecule has 0 radical (unpaired) electrons. The van der Waals surface area contributed by atoms with Gasteiger partial charge in [0.2, 0.25) is 5.88 Å². The SMILES string of the molecule is CCc1nc(N)cc(Oc2ccc(C)nc2)n1. The molecule has 0 unspecified atom stereocenters. The van der Waals surface area contributed by atoms with Gasteiger partial charge in [-0.05, 0) is 19.1 Å². The summed E-state index contributed by atoms with van der Waals surface area (Å²) in [6.07, 6.45) is 2.37. The van der Waals surface area contributed by atoms with Gasteiger partial charge in [0.05, 0.1) is 6.20 Å². The van der Waals surface area contributed by atoms with Crippen molar-refractivity contribution in [2.24, 2.45) is 0 Å². The van der Waals surface area contributed by atoms with Gasteiger partial charge in [-0.1, -0.05) is 6.92 Å². The first-order chi connectivity index (χ1) is 8.17. The fraction of sp³-hybridized carbons (Fsp3) is 0.250. The minimum atomic E-state index is 0.409. The van der Waals surface area contributed by atoms with Gasteiger partial charge < -0.3 is 10.5 Å². The Morgan fingerprint density at radius 1 is 1.29 bits per heavy atom. The van der Waals surface area contributed by atoms with E-state index < -0.39 is 0 Å². The highest BCUT2D eigenvalue weighted by Gasteiger charge is 2.03. The summed E-state index contributed by atoms with van der Waals surface area (Å²) in [7, 11) is 0. The van der Waals surface area contributed by atoms with Gasteiger partial charge in [0.1, 0.15) is 17.4 Å². The fourth-order valence-electron chi connectivity index (χ4n) is 1.34. The van der Waals surface area contributed by atoms with Gasteiger partial charge in [-0.25, -0.2) is 4.98 Å². The third kappa shape index (κ3) is 2.90. The number of aryl methyl sites for hydroxylation is 2. The average molecular weight is 230 g/mol. The van der Waals surface area contributed by atoms with Gasteiger partial charge in [-0.3, -0.25) is 4.98 Å². The van der Waals surface area contributed by atoms with Crippen molar-refractivity contribution in [1.82, 2.24) is 15.0 Å². The molecule has 0 aromatic carbocycles. The number of nitrogens with zero attached hydrogens (tertiary/aromatic N) is 3. The maximum Gasteiger partial charge on any atom is 0.224 e. The molecule has 0 spiro atoms. The lowest BCUT2D eigenvalue weighted by Gasteiger charge is -2.06. The highest BCUT2D eigenvalue weighted by atomic mass is 16.5. The van der Waals surface area contributed by atoms with Crippen LogP contribution in [0, 0.1) is 6.92 Å². The van der Waals surface area contributed by atoms with E-state index in [2.05, 4.69) is 15.0 Å². The Kier molecular flexibility index (Phi) is 3.18. The van der Waals surface area contributed by atoms with E-state index in [0.717, 1.165) is 5.69 Å². The van der Waals surface area contributed by atoms with Crippen molar-refractivity contribution in [1.29, 1.82) is 0 Å². The molecule has 88 valence electrons. The monoisotopic (exact) mass is 230 g/mol. The zero-order valence-electron chi connectivity index (χ0n) is 9.84. The first-order valence-corrected chi connectivity index (χ1v) is 5.41. The Balaban J connectivity index is 2.23. The second kappa shape index (κ2) is 4.78. The first kappa shape index (κ1) is 11.3. The second-order valence-corrected chi connectivity index (χ2v) is 3.64. The molecular weight excluding hydrogens is 216 g/mol. The van der Waals surface area contributed by atoms with Gasteiger partial charge in [0.25, 0.3) is 0 Å². The topological polar surface area (TPSA) is 73.9 Å². The normalized spacial score (nSPS) is 10.2. The summed E-state index contributed by atoms with van der Waals surface area (Å²) >= 11 is 0. The van der Waals surface area contributed by atoms with Gasteiger partial charge in [-0.2, -0.15) is 4.98 Å². The van der Waals surface area contributed by atoms with E-state index in [1.807, 2.05) is 26.0 Å². The third-order valence-electron chi connectivity index (χ3n) is 2.19. The molecule has 5 nitrogen and oxygen atoms in total. The van der Waals surface area contributed by atoms with E-state index in [4.69, 9.17) is 10.5 Å². The molecule has 0 atom stereocenters. The molecule has 0 aliphatic rings. The lowest BCUT2D eigenvalue weighted by Crippen LogP contribution is -2.00. The molecule has 0 aliphatic carbocycles. The average Bonchev–Trinajstić information content (AvgIpc) is 2.31. The van der Waals surface area contributed by atoms with Crippen molar-refractivity contribution in [3.05, 3.63) is 35.9 Å². The summed E-state index contributed by atoms with van der Waals surface area (Å²) in [5.74, 6) is 2.16. The first-order valence-electron chi connectivity index (χ1n) is 5.41. The molecule has 0 saturated heterocycles. The number of hydrogen-bond donors (Lipinski definition) is 1. The van der Waals surface area contributed by atoms with Gasteiger partial charge >= 0.3 is 0 Å². The van der Waals surface area contributed by atoms with Crippen LogP contribution in [0.25, 0.3) is 0 Å².